The zero-order valence-corrected chi connectivity index (χ0v) is 9.22. The maximum atomic E-state index is 12.9. The summed E-state index contributed by atoms with van der Waals surface area (Å²) in [5, 5.41) is 21.4. The molecule has 4 nitrogen and oxygen atoms in total. The summed E-state index contributed by atoms with van der Waals surface area (Å²) in [5.74, 6) is -1.89. The van der Waals surface area contributed by atoms with Crippen LogP contribution in [0.2, 0.25) is 0 Å². The predicted molar refractivity (Wildman–Crippen MR) is 64.1 cm³/mol. The third-order valence-corrected chi connectivity index (χ3v) is 2.33. The van der Waals surface area contributed by atoms with Gasteiger partial charge in [0.25, 0.3) is 5.91 Å². The van der Waals surface area contributed by atoms with Crippen LogP contribution in [0.3, 0.4) is 0 Å². The van der Waals surface area contributed by atoms with Crippen LogP contribution in [0, 0.1) is 5.82 Å². The standard InChI is InChI=1S/C13H10FNO3/c14-8-3-1-4-9(7-8)15-13(18)12-10(16)5-2-6-11(12)17/h1-7,16-17H,(H,15,18). The SMILES string of the molecule is O=C(Nc1cccc(F)c1)c1c(O)cccc1O. The molecule has 0 aliphatic rings. The van der Waals surface area contributed by atoms with Crippen molar-refractivity contribution in [3.05, 3.63) is 53.8 Å². The minimum Gasteiger partial charge on any atom is -0.507 e. The van der Waals surface area contributed by atoms with Crippen LogP contribution >= 0.6 is 0 Å². The Kier molecular flexibility index (Phi) is 3.14. The molecule has 18 heavy (non-hydrogen) atoms. The van der Waals surface area contributed by atoms with E-state index in [1.54, 1.807) is 0 Å². The first kappa shape index (κ1) is 11.9. The molecule has 2 aromatic carbocycles. The van der Waals surface area contributed by atoms with Gasteiger partial charge in [-0.25, -0.2) is 4.39 Å². The lowest BCUT2D eigenvalue weighted by atomic mass is 10.1. The van der Waals surface area contributed by atoms with Crippen LogP contribution in [0.4, 0.5) is 10.1 Å². The highest BCUT2D eigenvalue weighted by atomic mass is 19.1. The van der Waals surface area contributed by atoms with Gasteiger partial charge in [-0.1, -0.05) is 12.1 Å². The molecule has 0 fully saturated rings. The van der Waals surface area contributed by atoms with Gasteiger partial charge >= 0.3 is 0 Å². The van der Waals surface area contributed by atoms with E-state index in [0.717, 1.165) is 6.07 Å². The van der Waals surface area contributed by atoms with E-state index in [1.165, 1.54) is 36.4 Å². The molecular weight excluding hydrogens is 237 g/mol. The topological polar surface area (TPSA) is 69.6 Å². The zero-order valence-electron chi connectivity index (χ0n) is 9.22. The number of nitrogens with one attached hydrogen (secondary N) is 1. The fraction of sp³-hybridized carbons (Fsp3) is 0. The number of hydrogen-bond donors (Lipinski definition) is 3. The molecule has 2 rings (SSSR count). The highest BCUT2D eigenvalue weighted by Crippen LogP contribution is 2.27. The average Bonchev–Trinajstić information content (AvgIpc) is 2.28. The first-order chi connectivity index (χ1) is 8.58. The minimum atomic E-state index is -0.712. The maximum Gasteiger partial charge on any atom is 0.263 e. The Labute approximate surface area is 102 Å². The van der Waals surface area contributed by atoms with Crippen LogP contribution in [0.15, 0.2) is 42.5 Å². The monoisotopic (exact) mass is 247 g/mol. The molecule has 0 heterocycles. The molecule has 0 saturated heterocycles. The molecule has 0 atom stereocenters. The summed E-state index contributed by atoms with van der Waals surface area (Å²) >= 11 is 0. The first-order valence-electron chi connectivity index (χ1n) is 5.16. The van der Waals surface area contributed by atoms with Gasteiger partial charge in [-0.2, -0.15) is 0 Å². The summed E-state index contributed by atoms with van der Waals surface area (Å²) in [4.78, 5) is 11.8. The molecule has 0 radical (unpaired) electrons. The van der Waals surface area contributed by atoms with E-state index >= 15 is 0 Å². The summed E-state index contributed by atoms with van der Waals surface area (Å²) in [6, 6.07) is 9.28. The van der Waals surface area contributed by atoms with Crippen molar-refractivity contribution in [2.75, 3.05) is 5.32 Å². The maximum absolute atomic E-state index is 12.9. The van der Waals surface area contributed by atoms with Crippen molar-refractivity contribution in [2.24, 2.45) is 0 Å². The van der Waals surface area contributed by atoms with E-state index in [-0.39, 0.29) is 22.7 Å². The molecule has 0 aliphatic carbocycles. The summed E-state index contributed by atoms with van der Waals surface area (Å²) in [6.45, 7) is 0. The highest BCUT2D eigenvalue weighted by molar-refractivity contribution is 6.08. The molecule has 0 spiro atoms. The minimum absolute atomic E-state index is 0.239. The second-order valence-electron chi connectivity index (χ2n) is 3.64. The van der Waals surface area contributed by atoms with E-state index < -0.39 is 11.7 Å². The van der Waals surface area contributed by atoms with Crippen LogP contribution in [-0.4, -0.2) is 16.1 Å². The number of phenolic OH excluding ortho intramolecular Hbond substituents is 2. The Balaban J connectivity index is 2.28. The number of benzene rings is 2. The van der Waals surface area contributed by atoms with Crippen molar-refractivity contribution >= 4 is 11.6 Å². The Morgan fingerprint density at radius 3 is 2.28 bits per heavy atom. The Hall–Kier alpha value is -2.56. The number of phenols is 2. The number of halogens is 1. The molecule has 0 saturated carbocycles. The fourth-order valence-electron chi connectivity index (χ4n) is 1.52. The Bertz CT molecular complexity index is 578. The van der Waals surface area contributed by atoms with Gasteiger partial charge in [0.1, 0.15) is 22.9 Å². The third kappa shape index (κ3) is 2.40. The predicted octanol–water partition coefficient (Wildman–Crippen LogP) is 2.49. The van der Waals surface area contributed by atoms with Gasteiger partial charge in [-0.15, -0.1) is 0 Å². The van der Waals surface area contributed by atoms with Crippen molar-refractivity contribution in [3.63, 3.8) is 0 Å². The number of hydrogen-bond acceptors (Lipinski definition) is 3. The molecular formula is C13H10FNO3. The molecule has 1 amide bonds. The molecule has 3 N–H and O–H groups in total. The van der Waals surface area contributed by atoms with Gasteiger partial charge in [0.2, 0.25) is 0 Å². The van der Waals surface area contributed by atoms with Gasteiger partial charge in [0, 0.05) is 5.69 Å². The molecule has 0 aliphatic heterocycles. The fourth-order valence-corrected chi connectivity index (χ4v) is 1.52. The van der Waals surface area contributed by atoms with Crippen molar-refractivity contribution in [3.8, 4) is 11.5 Å². The van der Waals surface area contributed by atoms with Gasteiger partial charge in [0.05, 0.1) is 0 Å². The summed E-state index contributed by atoms with van der Waals surface area (Å²) in [7, 11) is 0. The van der Waals surface area contributed by atoms with E-state index in [9.17, 15) is 19.4 Å². The van der Waals surface area contributed by atoms with E-state index in [4.69, 9.17) is 0 Å². The van der Waals surface area contributed by atoms with Gasteiger partial charge < -0.3 is 15.5 Å². The molecule has 0 unspecified atom stereocenters. The lowest BCUT2D eigenvalue weighted by Crippen LogP contribution is -2.12. The second-order valence-corrected chi connectivity index (χ2v) is 3.64. The van der Waals surface area contributed by atoms with Crippen LogP contribution in [0.1, 0.15) is 10.4 Å². The van der Waals surface area contributed by atoms with Crippen LogP contribution in [0.5, 0.6) is 11.5 Å². The van der Waals surface area contributed by atoms with E-state index in [0.29, 0.717) is 0 Å². The third-order valence-electron chi connectivity index (χ3n) is 2.33. The smallest absolute Gasteiger partial charge is 0.263 e. The molecule has 0 aromatic heterocycles. The lowest BCUT2D eigenvalue weighted by Gasteiger charge is -2.08. The van der Waals surface area contributed by atoms with Crippen LogP contribution < -0.4 is 5.32 Å². The largest absolute Gasteiger partial charge is 0.507 e. The zero-order chi connectivity index (χ0) is 13.1. The number of carbonyl (C=O) groups excluding carboxylic acids is 1. The van der Waals surface area contributed by atoms with Crippen molar-refractivity contribution in [1.82, 2.24) is 0 Å². The summed E-state index contributed by atoms with van der Waals surface area (Å²) < 4.78 is 12.9. The van der Waals surface area contributed by atoms with E-state index in [2.05, 4.69) is 5.32 Å². The van der Waals surface area contributed by atoms with E-state index in [1.807, 2.05) is 0 Å². The van der Waals surface area contributed by atoms with Gasteiger partial charge in [-0.05, 0) is 30.3 Å². The molecule has 5 heteroatoms. The second kappa shape index (κ2) is 4.75. The lowest BCUT2D eigenvalue weighted by molar-refractivity contribution is 0.102. The molecule has 0 bridgehead atoms. The Morgan fingerprint density at radius 2 is 1.67 bits per heavy atom. The number of rotatable bonds is 2. The van der Waals surface area contributed by atoms with Crippen LogP contribution in [0.25, 0.3) is 0 Å². The number of anilines is 1. The highest BCUT2D eigenvalue weighted by Gasteiger charge is 2.16. The summed E-state index contributed by atoms with van der Waals surface area (Å²) in [6.07, 6.45) is 0. The number of carbonyl (C=O) groups is 1. The number of aromatic hydroxyl groups is 2. The van der Waals surface area contributed by atoms with Gasteiger partial charge in [0.15, 0.2) is 0 Å². The van der Waals surface area contributed by atoms with Crippen molar-refractivity contribution in [1.29, 1.82) is 0 Å². The molecule has 92 valence electrons. The van der Waals surface area contributed by atoms with Crippen molar-refractivity contribution in [2.45, 2.75) is 0 Å². The normalized spacial score (nSPS) is 10.1. The van der Waals surface area contributed by atoms with Gasteiger partial charge in [-0.3, -0.25) is 4.79 Å². The number of amides is 1. The first-order valence-corrected chi connectivity index (χ1v) is 5.16. The molecule has 2 aromatic rings. The Morgan fingerprint density at radius 1 is 1.06 bits per heavy atom. The summed E-state index contributed by atoms with van der Waals surface area (Å²) in [5.41, 5.74) is -0.00980. The van der Waals surface area contributed by atoms with Crippen molar-refractivity contribution < 1.29 is 19.4 Å². The quantitative estimate of drug-likeness (QED) is 0.763. The van der Waals surface area contributed by atoms with Crippen LogP contribution in [-0.2, 0) is 0 Å². The average molecular weight is 247 g/mol.